The number of aliphatic imine (C=N–C) groups is 1. The Labute approximate surface area is 216 Å². The van der Waals surface area contributed by atoms with E-state index < -0.39 is 15.8 Å². The van der Waals surface area contributed by atoms with Crippen LogP contribution in [0.4, 0.5) is 10.1 Å². The van der Waals surface area contributed by atoms with Crippen LogP contribution in [-0.2, 0) is 23.0 Å². The molecule has 3 aromatic carbocycles. The van der Waals surface area contributed by atoms with Crippen LogP contribution in [0.5, 0.6) is 5.88 Å². The summed E-state index contributed by atoms with van der Waals surface area (Å²) in [7, 11) is 0.732. The molecule has 1 aromatic heterocycles. The van der Waals surface area contributed by atoms with Crippen LogP contribution in [0.3, 0.4) is 0 Å². The minimum atomic E-state index is -3.28. The lowest BCUT2D eigenvalue weighted by molar-refractivity contribution is 0.402. The Morgan fingerprint density at radius 2 is 1.81 bits per heavy atom. The van der Waals surface area contributed by atoms with Gasteiger partial charge in [-0.15, -0.1) is 0 Å². The minimum absolute atomic E-state index is 0.0254. The van der Waals surface area contributed by atoms with E-state index in [-0.39, 0.29) is 18.2 Å². The van der Waals surface area contributed by atoms with Gasteiger partial charge in [0.05, 0.1) is 28.2 Å². The Hall–Kier alpha value is -3.53. The molecule has 0 saturated heterocycles. The molecule has 0 aliphatic heterocycles. The Bertz CT molecular complexity index is 1530. The van der Waals surface area contributed by atoms with Crippen molar-refractivity contribution in [3.05, 3.63) is 94.8 Å². The Morgan fingerprint density at radius 3 is 2.51 bits per heavy atom. The zero-order valence-electron chi connectivity index (χ0n) is 21.1. The summed E-state index contributed by atoms with van der Waals surface area (Å²) < 4.78 is 40.1. The Kier molecular flexibility index (Phi) is 8.06. The first-order valence-corrected chi connectivity index (χ1v) is 13.7. The summed E-state index contributed by atoms with van der Waals surface area (Å²) in [4.78, 5) is 9.86. The fourth-order valence-electron chi connectivity index (χ4n) is 4.16. The first-order valence-electron chi connectivity index (χ1n) is 12.0. The van der Waals surface area contributed by atoms with Gasteiger partial charge < -0.3 is 15.0 Å². The molecule has 7 nitrogen and oxygen atoms in total. The van der Waals surface area contributed by atoms with E-state index in [1.165, 1.54) is 12.1 Å². The standard InChI is InChI=1S/C28H31FN4O3S/c1-4-37(35,36)30-15-14-19-6-5-7-21(16-19)27(31-23-11-8-20(9-12-23)18-33(2)3)26-24-13-10-22(29)17-25(24)32-28(26)34/h5-13,16-17,30,32,34H,4,14-15,18H2,1-3H3. The molecule has 0 bridgehead atoms. The molecule has 3 N–H and O–H groups in total. The largest absolute Gasteiger partial charge is 0.494 e. The van der Waals surface area contributed by atoms with Gasteiger partial charge in [-0.3, -0.25) is 0 Å². The second-order valence-corrected chi connectivity index (χ2v) is 11.2. The molecule has 0 atom stereocenters. The van der Waals surface area contributed by atoms with Crippen molar-refractivity contribution in [3.63, 3.8) is 0 Å². The summed E-state index contributed by atoms with van der Waals surface area (Å²) in [5, 5.41) is 11.5. The van der Waals surface area contributed by atoms with Crippen molar-refractivity contribution in [3.8, 4) is 5.88 Å². The molecule has 9 heteroatoms. The second kappa shape index (κ2) is 11.2. The highest BCUT2D eigenvalue weighted by atomic mass is 32.2. The van der Waals surface area contributed by atoms with E-state index in [1.807, 2.05) is 62.6 Å². The lowest BCUT2D eigenvalue weighted by Crippen LogP contribution is -2.27. The van der Waals surface area contributed by atoms with Gasteiger partial charge in [0.25, 0.3) is 0 Å². The van der Waals surface area contributed by atoms with E-state index in [0.717, 1.165) is 23.2 Å². The molecule has 0 radical (unpaired) electrons. The van der Waals surface area contributed by atoms with Gasteiger partial charge in [0.1, 0.15) is 5.82 Å². The van der Waals surface area contributed by atoms with Gasteiger partial charge in [-0.2, -0.15) is 0 Å². The van der Waals surface area contributed by atoms with Gasteiger partial charge in [0.15, 0.2) is 5.88 Å². The molecular weight excluding hydrogens is 491 g/mol. The van der Waals surface area contributed by atoms with Gasteiger partial charge in [-0.25, -0.2) is 22.5 Å². The average Bonchev–Trinajstić information content (AvgIpc) is 3.17. The zero-order valence-corrected chi connectivity index (χ0v) is 21.9. The van der Waals surface area contributed by atoms with Crippen molar-refractivity contribution < 1.29 is 17.9 Å². The lowest BCUT2D eigenvalue weighted by atomic mass is 9.98. The fourth-order valence-corrected chi connectivity index (χ4v) is 4.77. The summed E-state index contributed by atoms with van der Waals surface area (Å²) >= 11 is 0. The van der Waals surface area contributed by atoms with Crippen LogP contribution < -0.4 is 4.72 Å². The van der Waals surface area contributed by atoms with E-state index in [1.54, 1.807) is 13.0 Å². The minimum Gasteiger partial charge on any atom is -0.494 e. The molecule has 0 unspecified atom stereocenters. The number of aromatic amines is 1. The average molecular weight is 523 g/mol. The highest BCUT2D eigenvalue weighted by Gasteiger charge is 2.19. The van der Waals surface area contributed by atoms with E-state index in [0.29, 0.717) is 34.3 Å². The van der Waals surface area contributed by atoms with Crippen LogP contribution >= 0.6 is 0 Å². The first kappa shape index (κ1) is 26.5. The number of aromatic nitrogens is 1. The van der Waals surface area contributed by atoms with Crippen molar-refractivity contribution in [2.75, 3.05) is 26.4 Å². The summed E-state index contributed by atoms with van der Waals surface area (Å²) in [5.41, 5.74) is 4.96. The van der Waals surface area contributed by atoms with Crippen molar-refractivity contribution in [1.82, 2.24) is 14.6 Å². The predicted octanol–water partition coefficient (Wildman–Crippen LogP) is 4.73. The number of H-pyrrole nitrogens is 1. The number of hydrogen-bond donors (Lipinski definition) is 3. The van der Waals surface area contributed by atoms with Crippen LogP contribution in [0.1, 0.15) is 29.2 Å². The number of sulfonamides is 1. The van der Waals surface area contributed by atoms with E-state index in [2.05, 4.69) is 14.6 Å². The van der Waals surface area contributed by atoms with Crippen LogP contribution in [0.2, 0.25) is 0 Å². The molecule has 1 heterocycles. The van der Waals surface area contributed by atoms with Crippen molar-refractivity contribution in [2.24, 2.45) is 4.99 Å². The molecule has 194 valence electrons. The molecule has 4 aromatic rings. The van der Waals surface area contributed by atoms with Crippen molar-refractivity contribution in [1.29, 1.82) is 0 Å². The lowest BCUT2D eigenvalue weighted by Gasteiger charge is -2.12. The van der Waals surface area contributed by atoms with E-state index in [4.69, 9.17) is 4.99 Å². The van der Waals surface area contributed by atoms with Crippen LogP contribution in [0, 0.1) is 5.82 Å². The highest BCUT2D eigenvalue weighted by molar-refractivity contribution is 7.89. The van der Waals surface area contributed by atoms with Crippen LogP contribution in [0.25, 0.3) is 10.9 Å². The molecule has 4 rings (SSSR count). The van der Waals surface area contributed by atoms with Crippen molar-refractivity contribution >= 4 is 32.3 Å². The zero-order chi connectivity index (χ0) is 26.6. The molecule has 0 amide bonds. The number of halogens is 1. The third kappa shape index (κ3) is 6.62. The molecule has 0 aliphatic carbocycles. The van der Waals surface area contributed by atoms with Crippen LogP contribution in [0.15, 0.2) is 71.7 Å². The molecular formula is C28H31FN4O3S. The van der Waals surface area contributed by atoms with Gasteiger partial charge in [-0.05, 0) is 75.0 Å². The monoisotopic (exact) mass is 522 g/mol. The molecule has 0 saturated carbocycles. The Balaban J connectivity index is 1.77. The smallest absolute Gasteiger partial charge is 0.211 e. The highest BCUT2D eigenvalue weighted by Crippen LogP contribution is 2.32. The number of aromatic hydroxyl groups is 1. The SMILES string of the molecule is CCS(=O)(=O)NCCc1cccc(C(=Nc2ccc(CN(C)C)cc2)c2c(O)[nH]c3cc(F)ccc23)c1. The topological polar surface area (TPSA) is 97.8 Å². The van der Waals surface area contributed by atoms with E-state index in [9.17, 15) is 17.9 Å². The molecule has 37 heavy (non-hydrogen) atoms. The van der Waals surface area contributed by atoms with E-state index >= 15 is 0 Å². The third-order valence-electron chi connectivity index (χ3n) is 5.97. The number of benzene rings is 3. The summed E-state index contributed by atoms with van der Waals surface area (Å²) in [5.74, 6) is -0.492. The summed E-state index contributed by atoms with van der Waals surface area (Å²) in [6.45, 7) is 2.67. The third-order valence-corrected chi connectivity index (χ3v) is 7.37. The van der Waals surface area contributed by atoms with Gasteiger partial charge in [-0.1, -0.05) is 30.3 Å². The van der Waals surface area contributed by atoms with Crippen molar-refractivity contribution in [2.45, 2.75) is 19.9 Å². The van der Waals surface area contributed by atoms with Gasteiger partial charge in [0.2, 0.25) is 10.0 Å². The molecule has 0 fully saturated rings. The summed E-state index contributed by atoms with van der Waals surface area (Å²) in [6, 6.07) is 19.8. The van der Waals surface area contributed by atoms with Crippen LogP contribution in [-0.4, -0.2) is 55.5 Å². The number of rotatable bonds is 10. The number of nitrogens with zero attached hydrogens (tertiary/aromatic N) is 2. The summed E-state index contributed by atoms with van der Waals surface area (Å²) in [6.07, 6.45) is 0.491. The maximum atomic E-state index is 13.9. The maximum Gasteiger partial charge on any atom is 0.211 e. The van der Waals surface area contributed by atoms with Gasteiger partial charge in [0, 0.05) is 24.0 Å². The Morgan fingerprint density at radius 1 is 1.05 bits per heavy atom. The normalized spacial score (nSPS) is 12.5. The van der Waals surface area contributed by atoms with Gasteiger partial charge >= 0.3 is 0 Å². The molecule has 0 aliphatic rings. The number of hydrogen-bond acceptors (Lipinski definition) is 5. The fraction of sp³-hybridized carbons (Fsp3) is 0.250. The predicted molar refractivity (Wildman–Crippen MR) is 147 cm³/mol. The second-order valence-electron chi connectivity index (χ2n) is 9.15. The number of nitrogens with one attached hydrogen (secondary N) is 2. The molecule has 0 spiro atoms. The quantitative estimate of drug-likeness (QED) is 0.263. The number of fused-ring (bicyclic) bond motifs is 1. The first-order chi connectivity index (χ1) is 17.6. The maximum absolute atomic E-state index is 13.9.